The molecule has 0 atom stereocenters. The highest BCUT2D eigenvalue weighted by Crippen LogP contribution is 2.30. The highest BCUT2D eigenvalue weighted by molar-refractivity contribution is 5.98. The summed E-state index contributed by atoms with van der Waals surface area (Å²) in [5.41, 5.74) is 3.33. The average molecular weight is 393 g/mol. The first-order valence-corrected chi connectivity index (χ1v) is 10.3. The van der Waals surface area contributed by atoms with Crippen molar-refractivity contribution in [3.05, 3.63) is 59.7 Å². The van der Waals surface area contributed by atoms with Gasteiger partial charge in [0.1, 0.15) is 5.75 Å². The number of carbonyl (C=O) groups excluding carboxylic acids is 1. The van der Waals surface area contributed by atoms with Gasteiger partial charge in [-0.15, -0.1) is 0 Å². The second kappa shape index (κ2) is 8.99. The van der Waals surface area contributed by atoms with E-state index >= 15 is 0 Å². The Morgan fingerprint density at radius 1 is 1.14 bits per heavy atom. The van der Waals surface area contributed by atoms with Gasteiger partial charge in [0.25, 0.3) is 0 Å². The fourth-order valence-corrected chi connectivity index (χ4v) is 3.53. The molecule has 29 heavy (non-hydrogen) atoms. The number of nitrogens with zero attached hydrogens (tertiary/aromatic N) is 2. The summed E-state index contributed by atoms with van der Waals surface area (Å²) in [6.07, 6.45) is 3.45. The van der Waals surface area contributed by atoms with Gasteiger partial charge in [-0.1, -0.05) is 36.4 Å². The first-order valence-electron chi connectivity index (χ1n) is 10.3. The van der Waals surface area contributed by atoms with Crippen LogP contribution in [0.1, 0.15) is 24.0 Å². The zero-order valence-electron chi connectivity index (χ0n) is 16.9. The number of amides is 1. The van der Waals surface area contributed by atoms with E-state index in [9.17, 15) is 4.79 Å². The van der Waals surface area contributed by atoms with Crippen LogP contribution in [-0.4, -0.2) is 38.6 Å². The van der Waals surface area contributed by atoms with E-state index in [0.29, 0.717) is 18.4 Å². The van der Waals surface area contributed by atoms with E-state index in [-0.39, 0.29) is 12.5 Å². The quantitative estimate of drug-likeness (QED) is 0.562. The number of benzene rings is 2. The van der Waals surface area contributed by atoms with Gasteiger partial charge >= 0.3 is 0 Å². The topological polar surface area (TPSA) is 66.0 Å². The molecule has 1 amide bonds. The smallest absolute Gasteiger partial charge is 0.246 e. The first-order chi connectivity index (χ1) is 14.2. The van der Waals surface area contributed by atoms with E-state index in [4.69, 9.17) is 4.74 Å². The van der Waals surface area contributed by atoms with Crippen LogP contribution in [0.2, 0.25) is 0 Å². The van der Waals surface area contributed by atoms with Gasteiger partial charge in [0.05, 0.1) is 13.2 Å². The van der Waals surface area contributed by atoms with Crippen molar-refractivity contribution in [3.8, 4) is 5.75 Å². The number of fused-ring (bicyclic) bond motifs is 1. The Morgan fingerprint density at radius 3 is 2.76 bits per heavy atom. The second-order valence-corrected chi connectivity index (χ2v) is 7.57. The predicted octanol–water partition coefficient (Wildman–Crippen LogP) is 2.73. The maximum atomic E-state index is 12.7. The van der Waals surface area contributed by atoms with Crippen LogP contribution in [0, 0.1) is 5.92 Å². The molecular formula is C23H28N4O2. The molecule has 2 N–H and O–H groups in total. The van der Waals surface area contributed by atoms with Crippen LogP contribution in [0.25, 0.3) is 0 Å². The Labute approximate surface area is 172 Å². The molecule has 1 heterocycles. The molecule has 1 aliphatic heterocycles. The molecule has 6 heteroatoms. The summed E-state index contributed by atoms with van der Waals surface area (Å²) < 4.78 is 5.96. The first kappa shape index (κ1) is 19.3. The minimum atomic E-state index is 0.0473. The Hall–Kier alpha value is -3.02. The lowest BCUT2D eigenvalue weighted by molar-refractivity contribution is -0.117. The third kappa shape index (κ3) is 4.88. The Morgan fingerprint density at radius 2 is 1.93 bits per heavy atom. The largest absolute Gasteiger partial charge is 0.493 e. The van der Waals surface area contributed by atoms with Gasteiger partial charge in [0.15, 0.2) is 5.96 Å². The van der Waals surface area contributed by atoms with Gasteiger partial charge in [0, 0.05) is 31.4 Å². The summed E-state index contributed by atoms with van der Waals surface area (Å²) in [7, 11) is 1.71. The standard InChI is InChI=1S/C23H28N4O2/c1-24-23(25-14-19-7-3-5-9-21(19)29-16-17-10-11-17)26-15-22(28)27-13-12-18-6-2-4-8-20(18)27/h2-9,17H,10-16H2,1H3,(H2,24,25,26). The van der Waals surface area contributed by atoms with Crippen LogP contribution in [0.4, 0.5) is 5.69 Å². The van der Waals surface area contributed by atoms with Crippen molar-refractivity contribution >= 4 is 17.6 Å². The molecule has 0 aromatic heterocycles. The fourth-order valence-electron chi connectivity index (χ4n) is 3.53. The van der Waals surface area contributed by atoms with E-state index < -0.39 is 0 Å². The molecule has 1 saturated carbocycles. The molecule has 152 valence electrons. The molecule has 1 fully saturated rings. The summed E-state index contributed by atoms with van der Waals surface area (Å²) in [4.78, 5) is 18.8. The van der Waals surface area contributed by atoms with Crippen molar-refractivity contribution in [1.29, 1.82) is 0 Å². The zero-order valence-corrected chi connectivity index (χ0v) is 16.9. The molecular weight excluding hydrogens is 364 g/mol. The van der Waals surface area contributed by atoms with E-state index in [0.717, 1.165) is 36.6 Å². The lowest BCUT2D eigenvalue weighted by Crippen LogP contribution is -2.44. The molecule has 2 aromatic carbocycles. The number of rotatable bonds is 7. The van der Waals surface area contributed by atoms with Gasteiger partial charge in [-0.3, -0.25) is 9.79 Å². The van der Waals surface area contributed by atoms with E-state index in [1.54, 1.807) is 7.05 Å². The molecule has 4 rings (SSSR count). The second-order valence-electron chi connectivity index (χ2n) is 7.57. The Balaban J connectivity index is 1.29. The molecule has 0 radical (unpaired) electrons. The molecule has 0 saturated heterocycles. The number of aliphatic imine (C=N–C) groups is 1. The number of para-hydroxylation sites is 2. The van der Waals surface area contributed by atoms with Gasteiger partial charge in [0.2, 0.25) is 5.91 Å². The van der Waals surface area contributed by atoms with Crippen LogP contribution in [-0.2, 0) is 17.8 Å². The van der Waals surface area contributed by atoms with Crippen molar-refractivity contribution in [2.24, 2.45) is 10.9 Å². The number of nitrogens with one attached hydrogen (secondary N) is 2. The lowest BCUT2D eigenvalue weighted by Gasteiger charge is -2.19. The highest BCUT2D eigenvalue weighted by atomic mass is 16.5. The SMILES string of the molecule is CN=C(NCC(=O)N1CCc2ccccc21)NCc1ccccc1OCC1CC1. The number of ether oxygens (including phenoxy) is 1. The molecule has 2 aliphatic rings. The Bertz CT molecular complexity index is 892. The normalized spacial score (nSPS) is 15.8. The summed E-state index contributed by atoms with van der Waals surface area (Å²) in [5, 5.41) is 6.42. The number of anilines is 1. The van der Waals surface area contributed by atoms with Crippen LogP contribution >= 0.6 is 0 Å². The van der Waals surface area contributed by atoms with Gasteiger partial charge in [-0.2, -0.15) is 0 Å². The third-order valence-electron chi connectivity index (χ3n) is 5.41. The van der Waals surface area contributed by atoms with Crippen molar-refractivity contribution in [3.63, 3.8) is 0 Å². The zero-order chi connectivity index (χ0) is 20.1. The monoisotopic (exact) mass is 392 g/mol. The van der Waals surface area contributed by atoms with Crippen molar-refractivity contribution in [2.75, 3.05) is 31.6 Å². The predicted molar refractivity (Wildman–Crippen MR) is 115 cm³/mol. The maximum absolute atomic E-state index is 12.7. The fraction of sp³-hybridized carbons (Fsp3) is 0.391. The molecule has 0 spiro atoms. The number of hydrogen-bond acceptors (Lipinski definition) is 3. The molecule has 1 aliphatic carbocycles. The van der Waals surface area contributed by atoms with Crippen molar-refractivity contribution in [1.82, 2.24) is 10.6 Å². The van der Waals surface area contributed by atoms with Crippen LogP contribution in [0.3, 0.4) is 0 Å². The van der Waals surface area contributed by atoms with Crippen molar-refractivity contribution in [2.45, 2.75) is 25.8 Å². The van der Waals surface area contributed by atoms with Crippen molar-refractivity contribution < 1.29 is 9.53 Å². The van der Waals surface area contributed by atoms with Gasteiger partial charge in [-0.25, -0.2) is 0 Å². The van der Waals surface area contributed by atoms with Crippen LogP contribution in [0.5, 0.6) is 5.75 Å². The summed E-state index contributed by atoms with van der Waals surface area (Å²) in [6.45, 7) is 2.31. The minimum absolute atomic E-state index is 0.0473. The average Bonchev–Trinajstić information content (AvgIpc) is 3.49. The van der Waals surface area contributed by atoms with Gasteiger partial charge < -0.3 is 20.3 Å². The molecule has 0 bridgehead atoms. The third-order valence-corrected chi connectivity index (χ3v) is 5.41. The van der Waals surface area contributed by atoms with Gasteiger partial charge in [-0.05, 0) is 42.9 Å². The minimum Gasteiger partial charge on any atom is -0.493 e. The summed E-state index contributed by atoms with van der Waals surface area (Å²) in [5.74, 6) is 2.27. The van der Waals surface area contributed by atoms with Crippen LogP contribution in [0.15, 0.2) is 53.5 Å². The summed E-state index contributed by atoms with van der Waals surface area (Å²) in [6, 6.07) is 16.1. The van der Waals surface area contributed by atoms with E-state index in [1.807, 2.05) is 41.3 Å². The number of hydrogen-bond donors (Lipinski definition) is 2. The molecule has 6 nitrogen and oxygen atoms in total. The van der Waals surface area contributed by atoms with E-state index in [2.05, 4.69) is 27.8 Å². The lowest BCUT2D eigenvalue weighted by atomic mass is 10.2. The number of carbonyl (C=O) groups is 1. The highest BCUT2D eigenvalue weighted by Gasteiger charge is 2.24. The summed E-state index contributed by atoms with van der Waals surface area (Å²) >= 11 is 0. The molecule has 2 aromatic rings. The van der Waals surface area contributed by atoms with Crippen LogP contribution < -0.4 is 20.3 Å². The maximum Gasteiger partial charge on any atom is 0.246 e. The molecule has 0 unspecified atom stereocenters. The van der Waals surface area contributed by atoms with E-state index in [1.165, 1.54) is 18.4 Å². The Kier molecular flexibility index (Phi) is 5.98. The number of guanidine groups is 1.